The minimum atomic E-state index is -0.468. The van der Waals surface area contributed by atoms with Gasteiger partial charge in [-0.3, -0.25) is 5.01 Å². The molecule has 1 aromatic heterocycles. The number of aromatic amines is 1. The van der Waals surface area contributed by atoms with Crippen LogP contribution in [0.4, 0.5) is 14.9 Å². The Morgan fingerprint density at radius 3 is 3.04 bits per heavy atom. The van der Waals surface area contributed by atoms with E-state index in [1.165, 1.54) is 12.1 Å². The number of aromatic nitrogens is 1. The molecule has 0 bridgehead atoms. The third-order valence-electron chi connectivity index (χ3n) is 5.03. The van der Waals surface area contributed by atoms with Crippen molar-refractivity contribution in [1.29, 1.82) is 0 Å². The van der Waals surface area contributed by atoms with E-state index in [2.05, 4.69) is 15.4 Å². The summed E-state index contributed by atoms with van der Waals surface area (Å²) in [5, 5.41) is 2.71. The lowest BCUT2D eigenvalue weighted by molar-refractivity contribution is 0.248. The molecule has 5 nitrogen and oxygen atoms in total. The zero-order valence-corrected chi connectivity index (χ0v) is 14.5. The highest BCUT2D eigenvalue weighted by atomic mass is 19.1. The van der Waals surface area contributed by atoms with Crippen LogP contribution in [0.5, 0.6) is 0 Å². The first-order valence-corrected chi connectivity index (χ1v) is 8.91. The zero-order valence-electron chi connectivity index (χ0n) is 14.5. The Labute approximate surface area is 155 Å². The molecule has 0 fully saturated rings. The summed E-state index contributed by atoms with van der Waals surface area (Å²) in [6.45, 7) is 0.601. The summed E-state index contributed by atoms with van der Waals surface area (Å²) in [5.74, 6) is -0.320. The molecule has 27 heavy (non-hydrogen) atoms. The fraction of sp³-hybridized carbons (Fsp3) is 0.143. The molecular weight excluding hydrogens is 343 g/mol. The van der Waals surface area contributed by atoms with Gasteiger partial charge in [0.25, 0.3) is 0 Å². The molecule has 0 spiro atoms. The number of amides is 2. The van der Waals surface area contributed by atoms with Gasteiger partial charge in [-0.2, -0.15) is 4.99 Å². The van der Waals surface area contributed by atoms with Crippen molar-refractivity contribution in [3.63, 3.8) is 0 Å². The molecule has 1 aliphatic carbocycles. The van der Waals surface area contributed by atoms with Gasteiger partial charge in [-0.1, -0.05) is 30.3 Å². The van der Waals surface area contributed by atoms with Crippen LogP contribution in [-0.2, 0) is 12.8 Å². The molecule has 2 amide bonds. The van der Waals surface area contributed by atoms with Crippen LogP contribution >= 0.6 is 0 Å². The summed E-state index contributed by atoms with van der Waals surface area (Å²) in [7, 11) is 0. The Bertz CT molecular complexity index is 1130. The van der Waals surface area contributed by atoms with Crippen molar-refractivity contribution in [2.45, 2.75) is 12.8 Å². The minimum absolute atomic E-state index is 0.320. The third-order valence-corrected chi connectivity index (χ3v) is 5.03. The van der Waals surface area contributed by atoms with Gasteiger partial charge < -0.3 is 4.98 Å². The number of nitrogens with zero attached hydrogens (tertiary/aromatic N) is 2. The molecule has 5 rings (SSSR count). The Kier molecular flexibility index (Phi) is 3.57. The quantitative estimate of drug-likeness (QED) is 0.691. The average molecular weight is 360 g/mol. The summed E-state index contributed by atoms with van der Waals surface area (Å²) in [5.41, 5.74) is 8.17. The van der Waals surface area contributed by atoms with E-state index in [1.54, 1.807) is 11.1 Å². The van der Waals surface area contributed by atoms with Gasteiger partial charge in [-0.15, -0.1) is 0 Å². The molecule has 2 heterocycles. The van der Waals surface area contributed by atoms with Crippen molar-refractivity contribution >= 4 is 28.3 Å². The fourth-order valence-electron chi connectivity index (χ4n) is 3.83. The Balaban J connectivity index is 1.45. The molecule has 1 aliphatic heterocycles. The number of nitrogens with one attached hydrogen (secondary N) is 2. The molecule has 0 saturated heterocycles. The number of aliphatic imine (C=N–C) groups is 1. The van der Waals surface area contributed by atoms with E-state index in [0.29, 0.717) is 17.9 Å². The highest BCUT2D eigenvalue weighted by Crippen LogP contribution is 2.28. The second kappa shape index (κ2) is 6.09. The number of allylic oxidation sites excluding steroid dienone is 2. The number of benzene rings is 2. The van der Waals surface area contributed by atoms with E-state index in [9.17, 15) is 9.18 Å². The fourth-order valence-corrected chi connectivity index (χ4v) is 3.83. The summed E-state index contributed by atoms with van der Waals surface area (Å²) in [6.07, 6.45) is 5.41. The number of carbonyl (C=O) groups is 1. The average Bonchev–Trinajstić information content (AvgIpc) is 3.23. The van der Waals surface area contributed by atoms with Gasteiger partial charge in [0.1, 0.15) is 5.82 Å². The maximum Gasteiger partial charge on any atom is 0.360 e. The second-order valence-electron chi connectivity index (χ2n) is 6.72. The number of urea groups is 1. The largest absolute Gasteiger partial charge is 0.360 e. The van der Waals surface area contributed by atoms with E-state index in [-0.39, 0.29) is 5.82 Å². The van der Waals surface area contributed by atoms with E-state index in [4.69, 9.17) is 0 Å². The predicted octanol–water partition coefficient (Wildman–Crippen LogP) is 3.90. The molecule has 0 atom stereocenters. The number of para-hydroxylation sites is 1. The molecule has 3 aromatic rings. The van der Waals surface area contributed by atoms with Gasteiger partial charge in [0.15, 0.2) is 0 Å². The Morgan fingerprint density at radius 1 is 1.22 bits per heavy atom. The van der Waals surface area contributed by atoms with Crippen molar-refractivity contribution < 1.29 is 9.18 Å². The van der Waals surface area contributed by atoms with Crippen LogP contribution in [0.3, 0.4) is 0 Å². The van der Waals surface area contributed by atoms with Crippen molar-refractivity contribution in [3.05, 3.63) is 77.3 Å². The van der Waals surface area contributed by atoms with Crippen molar-refractivity contribution in [2.24, 2.45) is 4.99 Å². The number of hydrogen-bond donors (Lipinski definition) is 2. The second-order valence-corrected chi connectivity index (χ2v) is 6.72. The Hall–Kier alpha value is -3.41. The number of rotatable bonds is 1. The SMILES string of the molecule is O=C(N=C1C=CCc2[nH]c3ccccc3c21)NN1CCc2ccc(F)cc21. The first-order valence-electron chi connectivity index (χ1n) is 8.91. The van der Waals surface area contributed by atoms with Crippen LogP contribution in [0.25, 0.3) is 10.9 Å². The van der Waals surface area contributed by atoms with Gasteiger partial charge in [-0.25, -0.2) is 14.6 Å². The van der Waals surface area contributed by atoms with Crippen LogP contribution in [0.1, 0.15) is 16.8 Å². The molecule has 0 radical (unpaired) electrons. The molecule has 0 saturated carbocycles. The van der Waals surface area contributed by atoms with Crippen molar-refractivity contribution in [1.82, 2.24) is 10.4 Å². The number of hydrazine groups is 1. The van der Waals surface area contributed by atoms with E-state index >= 15 is 0 Å². The van der Waals surface area contributed by atoms with E-state index < -0.39 is 6.03 Å². The lowest BCUT2D eigenvalue weighted by atomic mass is 9.99. The monoisotopic (exact) mass is 360 g/mol. The van der Waals surface area contributed by atoms with Crippen LogP contribution in [-0.4, -0.2) is 23.3 Å². The summed E-state index contributed by atoms with van der Waals surface area (Å²) in [6, 6.07) is 12.2. The third kappa shape index (κ3) is 2.70. The number of H-pyrrole nitrogens is 1. The van der Waals surface area contributed by atoms with Gasteiger partial charge in [-0.05, 0) is 36.3 Å². The Morgan fingerprint density at radius 2 is 2.11 bits per heavy atom. The lowest BCUT2D eigenvalue weighted by Crippen LogP contribution is -2.40. The van der Waals surface area contributed by atoms with E-state index in [0.717, 1.165) is 40.6 Å². The molecule has 2 aliphatic rings. The molecule has 2 N–H and O–H groups in total. The number of halogens is 1. The molecular formula is C21H17FN4O. The van der Waals surface area contributed by atoms with Gasteiger partial charge in [0, 0.05) is 35.1 Å². The van der Waals surface area contributed by atoms with Crippen LogP contribution < -0.4 is 10.4 Å². The minimum Gasteiger partial charge on any atom is -0.358 e. The smallest absolute Gasteiger partial charge is 0.358 e. The number of fused-ring (bicyclic) bond motifs is 4. The van der Waals surface area contributed by atoms with Gasteiger partial charge in [0.05, 0.1) is 11.4 Å². The summed E-state index contributed by atoms with van der Waals surface area (Å²) in [4.78, 5) is 20.2. The summed E-state index contributed by atoms with van der Waals surface area (Å²) < 4.78 is 13.5. The lowest BCUT2D eigenvalue weighted by Gasteiger charge is -2.19. The number of carbonyl (C=O) groups excluding carboxylic acids is 1. The highest BCUT2D eigenvalue weighted by Gasteiger charge is 2.22. The predicted molar refractivity (Wildman–Crippen MR) is 104 cm³/mol. The van der Waals surface area contributed by atoms with Gasteiger partial charge in [0.2, 0.25) is 0 Å². The summed E-state index contributed by atoms with van der Waals surface area (Å²) >= 11 is 0. The van der Waals surface area contributed by atoms with Crippen LogP contribution in [0.2, 0.25) is 0 Å². The number of hydrogen-bond acceptors (Lipinski definition) is 2. The van der Waals surface area contributed by atoms with E-state index in [1.807, 2.05) is 36.4 Å². The highest BCUT2D eigenvalue weighted by molar-refractivity contribution is 6.20. The van der Waals surface area contributed by atoms with Gasteiger partial charge >= 0.3 is 6.03 Å². The maximum atomic E-state index is 13.5. The normalized spacial score (nSPS) is 16.6. The maximum absolute atomic E-state index is 13.5. The van der Waals surface area contributed by atoms with Crippen LogP contribution in [0, 0.1) is 5.82 Å². The van der Waals surface area contributed by atoms with Crippen molar-refractivity contribution in [2.75, 3.05) is 11.6 Å². The van der Waals surface area contributed by atoms with Crippen LogP contribution in [0.15, 0.2) is 59.6 Å². The molecule has 6 heteroatoms. The molecule has 134 valence electrons. The molecule has 0 unspecified atom stereocenters. The molecule has 2 aromatic carbocycles. The number of anilines is 1. The first kappa shape index (κ1) is 15.8. The standard InChI is InChI=1S/C21H17FN4O/c22-14-9-8-13-10-11-26(19(13)12-14)25-21(27)24-18-7-3-6-17-20(18)15-4-1-2-5-16(15)23-17/h1-5,7-9,12,23H,6,10-11H2,(H,25,27). The van der Waals surface area contributed by atoms with Crippen molar-refractivity contribution in [3.8, 4) is 0 Å². The first-order chi connectivity index (χ1) is 13.2. The topological polar surface area (TPSA) is 60.5 Å². The zero-order chi connectivity index (χ0) is 18.4.